The van der Waals surface area contributed by atoms with Crippen LogP contribution in [-0.4, -0.2) is 41.7 Å². The molecule has 1 aromatic heterocycles. The third-order valence-corrected chi connectivity index (χ3v) is 3.47. The van der Waals surface area contributed by atoms with Crippen LogP contribution in [0.1, 0.15) is 34.4 Å². The van der Waals surface area contributed by atoms with Crippen molar-refractivity contribution in [2.24, 2.45) is 0 Å². The van der Waals surface area contributed by atoms with Gasteiger partial charge in [0.05, 0.1) is 17.8 Å². The molecule has 1 aromatic rings. The number of nitrogens with zero attached hydrogens (tertiary/aromatic N) is 1. The van der Waals surface area contributed by atoms with Gasteiger partial charge in [0.1, 0.15) is 4.88 Å². The Morgan fingerprint density at radius 2 is 2.22 bits per heavy atom. The van der Waals surface area contributed by atoms with Crippen molar-refractivity contribution in [3.8, 4) is 0 Å². The molecule has 7 heteroatoms. The van der Waals surface area contributed by atoms with Gasteiger partial charge in [-0.1, -0.05) is 13.8 Å². The molecule has 0 bridgehead atoms. The van der Waals surface area contributed by atoms with Crippen molar-refractivity contribution in [3.63, 3.8) is 0 Å². The van der Waals surface area contributed by atoms with Crippen LogP contribution in [0.4, 0.5) is 0 Å². The minimum absolute atomic E-state index is 0.0725. The van der Waals surface area contributed by atoms with Crippen LogP contribution in [0.25, 0.3) is 0 Å². The Hall–Kier alpha value is -1.47. The predicted octanol–water partition coefficient (Wildman–Crippen LogP) is 1.10. The van der Waals surface area contributed by atoms with Crippen LogP contribution >= 0.6 is 11.3 Å². The number of carbonyl (C=O) groups is 2. The first-order valence-electron chi connectivity index (χ1n) is 5.44. The summed E-state index contributed by atoms with van der Waals surface area (Å²) < 4.78 is 4.74. The van der Waals surface area contributed by atoms with Crippen LogP contribution in [-0.2, 0) is 9.53 Å². The van der Waals surface area contributed by atoms with Crippen molar-refractivity contribution < 1.29 is 19.4 Å². The first-order valence-corrected chi connectivity index (χ1v) is 6.25. The van der Waals surface area contributed by atoms with E-state index < -0.39 is 17.9 Å². The van der Waals surface area contributed by atoms with Gasteiger partial charge in [-0.3, -0.25) is 4.79 Å². The highest BCUT2D eigenvalue weighted by Crippen LogP contribution is 2.20. The minimum Gasteiger partial charge on any atom is -0.480 e. The van der Waals surface area contributed by atoms with Gasteiger partial charge in [-0.25, -0.2) is 9.78 Å². The Morgan fingerprint density at radius 1 is 1.56 bits per heavy atom. The SMILES string of the molecule is COCC(NC(=O)c1cnc(C(C)C)s1)C(=O)O. The third-order valence-electron chi connectivity index (χ3n) is 2.18. The molecule has 0 spiro atoms. The lowest BCUT2D eigenvalue weighted by Crippen LogP contribution is -2.43. The van der Waals surface area contributed by atoms with Gasteiger partial charge < -0.3 is 15.2 Å². The normalized spacial score (nSPS) is 12.4. The van der Waals surface area contributed by atoms with Crippen molar-refractivity contribution in [1.29, 1.82) is 0 Å². The number of carbonyl (C=O) groups excluding carboxylic acids is 1. The summed E-state index contributed by atoms with van der Waals surface area (Å²) >= 11 is 1.26. The summed E-state index contributed by atoms with van der Waals surface area (Å²) in [6, 6.07) is -1.05. The van der Waals surface area contributed by atoms with E-state index in [0.717, 1.165) is 5.01 Å². The maximum Gasteiger partial charge on any atom is 0.328 e. The summed E-state index contributed by atoms with van der Waals surface area (Å²) in [6.07, 6.45) is 1.46. The standard InChI is InChI=1S/C11H16N2O4S/c1-6(2)10-12-4-8(18-10)9(14)13-7(5-17-3)11(15)16/h4,6-7H,5H2,1-3H3,(H,13,14)(H,15,16). The maximum atomic E-state index is 11.8. The van der Waals surface area contributed by atoms with Crippen molar-refractivity contribution in [2.45, 2.75) is 25.8 Å². The zero-order valence-electron chi connectivity index (χ0n) is 10.5. The van der Waals surface area contributed by atoms with Crippen LogP contribution in [0.3, 0.4) is 0 Å². The van der Waals surface area contributed by atoms with E-state index in [9.17, 15) is 9.59 Å². The molecule has 0 fully saturated rings. The molecule has 0 saturated heterocycles. The number of amides is 1. The van der Waals surface area contributed by atoms with E-state index in [0.29, 0.717) is 4.88 Å². The topological polar surface area (TPSA) is 88.5 Å². The summed E-state index contributed by atoms with van der Waals surface area (Å²) in [7, 11) is 1.38. The van der Waals surface area contributed by atoms with E-state index in [1.54, 1.807) is 0 Å². The van der Waals surface area contributed by atoms with E-state index >= 15 is 0 Å². The molecule has 1 rings (SSSR count). The van der Waals surface area contributed by atoms with Gasteiger partial charge >= 0.3 is 5.97 Å². The Kier molecular flexibility index (Phi) is 5.24. The summed E-state index contributed by atoms with van der Waals surface area (Å²) in [6.45, 7) is 3.88. The molecule has 0 radical (unpaired) electrons. The number of ether oxygens (including phenoxy) is 1. The Morgan fingerprint density at radius 3 is 2.67 bits per heavy atom. The van der Waals surface area contributed by atoms with E-state index in [2.05, 4.69) is 10.3 Å². The molecular formula is C11H16N2O4S. The predicted molar refractivity (Wildman–Crippen MR) is 67.0 cm³/mol. The van der Waals surface area contributed by atoms with Crippen LogP contribution in [0.15, 0.2) is 6.20 Å². The maximum absolute atomic E-state index is 11.8. The molecule has 18 heavy (non-hydrogen) atoms. The number of thiazole rings is 1. The van der Waals surface area contributed by atoms with E-state index in [1.807, 2.05) is 13.8 Å². The highest BCUT2D eigenvalue weighted by molar-refractivity contribution is 7.13. The number of aromatic nitrogens is 1. The molecule has 0 aromatic carbocycles. The molecule has 100 valence electrons. The number of hydrogen-bond acceptors (Lipinski definition) is 5. The minimum atomic E-state index is -1.13. The van der Waals surface area contributed by atoms with Crippen molar-refractivity contribution >= 4 is 23.2 Å². The fourth-order valence-electron chi connectivity index (χ4n) is 1.23. The lowest BCUT2D eigenvalue weighted by Gasteiger charge is -2.12. The molecular weight excluding hydrogens is 256 g/mol. The lowest BCUT2D eigenvalue weighted by molar-refractivity contribution is -0.140. The van der Waals surface area contributed by atoms with Gasteiger partial charge in [0.25, 0.3) is 5.91 Å². The largest absolute Gasteiger partial charge is 0.480 e. The third kappa shape index (κ3) is 3.78. The van der Waals surface area contributed by atoms with Crippen LogP contribution < -0.4 is 5.32 Å². The molecule has 2 N–H and O–H groups in total. The molecule has 1 amide bonds. The smallest absolute Gasteiger partial charge is 0.328 e. The number of rotatable bonds is 6. The molecule has 0 aliphatic carbocycles. The van der Waals surface area contributed by atoms with Gasteiger partial charge in [-0.15, -0.1) is 11.3 Å². The molecule has 1 heterocycles. The number of nitrogens with one attached hydrogen (secondary N) is 1. The van der Waals surface area contributed by atoms with Crippen molar-refractivity contribution in [1.82, 2.24) is 10.3 Å². The molecule has 1 unspecified atom stereocenters. The van der Waals surface area contributed by atoms with Gasteiger partial charge in [0, 0.05) is 13.0 Å². The van der Waals surface area contributed by atoms with Gasteiger partial charge in [0.15, 0.2) is 6.04 Å². The Labute approximate surface area is 109 Å². The Balaban J connectivity index is 2.71. The fourth-order valence-corrected chi connectivity index (χ4v) is 2.05. The molecule has 0 saturated carbocycles. The zero-order valence-corrected chi connectivity index (χ0v) is 11.3. The lowest BCUT2D eigenvalue weighted by atomic mass is 10.2. The second kappa shape index (κ2) is 6.46. The van der Waals surface area contributed by atoms with Crippen molar-refractivity contribution in [3.05, 3.63) is 16.1 Å². The molecule has 6 nitrogen and oxygen atoms in total. The molecule has 0 aliphatic heterocycles. The van der Waals surface area contributed by atoms with E-state index in [4.69, 9.17) is 9.84 Å². The highest BCUT2D eigenvalue weighted by Gasteiger charge is 2.21. The number of carboxylic acids is 1. The highest BCUT2D eigenvalue weighted by atomic mass is 32.1. The quantitative estimate of drug-likeness (QED) is 0.809. The van der Waals surface area contributed by atoms with Crippen molar-refractivity contribution in [2.75, 3.05) is 13.7 Å². The average Bonchev–Trinajstić information content (AvgIpc) is 2.77. The average molecular weight is 272 g/mol. The van der Waals surface area contributed by atoms with Crippen LogP contribution in [0.5, 0.6) is 0 Å². The number of hydrogen-bond donors (Lipinski definition) is 2. The van der Waals surface area contributed by atoms with Gasteiger partial charge in [-0.2, -0.15) is 0 Å². The van der Waals surface area contributed by atoms with E-state index in [1.165, 1.54) is 24.6 Å². The monoisotopic (exact) mass is 272 g/mol. The first kappa shape index (κ1) is 14.6. The number of methoxy groups -OCH3 is 1. The summed E-state index contributed by atoms with van der Waals surface area (Å²) in [5.41, 5.74) is 0. The number of carboxylic acid groups (broad SMARTS) is 1. The molecule has 1 atom stereocenters. The second-order valence-electron chi connectivity index (χ2n) is 4.04. The molecule has 0 aliphatic rings. The first-order chi connectivity index (χ1) is 8.45. The summed E-state index contributed by atoms with van der Waals surface area (Å²) in [5.74, 6) is -1.33. The van der Waals surface area contributed by atoms with Gasteiger partial charge in [0.2, 0.25) is 0 Å². The van der Waals surface area contributed by atoms with E-state index in [-0.39, 0.29) is 12.5 Å². The number of aliphatic carboxylic acids is 1. The van der Waals surface area contributed by atoms with Crippen LogP contribution in [0, 0.1) is 0 Å². The Bertz CT molecular complexity index is 430. The second-order valence-corrected chi connectivity index (χ2v) is 5.10. The fraction of sp³-hybridized carbons (Fsp3) is 0.545. The summed E-state index contributed by atoms with van der Waals surface area (Å²) in [5, 5.41) is 12.1. The summed E-state index contributed by atoms with van der Waals surface area (Å²) in [4.78, 5) is 27.2. The zero-order chi connectivity index (χ0) is 13.7. The van der Waals surface area contributed by atoms with Gasteiger partial charge in [-0.05, 0) is 0 Å². The van der Waals surface area contributed by atoms with Crippen LogP contribution in [0.2, 0.25) is 0 Å².